The molecule has 1 aromatic rings. The number of nitrogens with zero attached hydrogens (tertiary/aromatic N) is 1. The van der Waals surface area contributed by atoms with Crippen LogP contribution in [-0.2, 0) is 5.41 Å². The van der Waals surface area contributed by atoms with E-state index >= 15 is 0 Å². The maximum Gasteiger partial charge on any atom is 0.0958 e. The van der Waals surface area contributed by atoms with Gasteiger partial charge in [-0.25, -0.2) is 0 Å². The summed E-state index contributed by atoms with van der Waals surface area (Å²) in [7, 11) is 0. The lowest BCUT2D eigenvalue weighted by atomic mass is 9.91. The van der Waals surface area contributed by atoms with Crippen LogP contribution in [0.1, 0.15) is 31.6 Å². The van der Waals surface area contributed by atoms with E-state index < -0.39 is 0 Å². The van der Waals surface area contributed by atoms with Crippen molar-refractivity contribution in [1.29, 1.82) is 5.41 Å². The first-order valence-corrected chi connectivity index (χ1v) is 6.34. The van der Waals surface area contributed by atoms with Gasteiger partial charge in [-0.2, -0.15) is 0 Å². The van der Waals surface area contributed by atoms with E-state index in [0.29, 0.717) is 0 Å². The van der Waals surface area contributed by atoms with E-state index in [1.54, 1.807) is 0 Å². The van der Waals surface area contributed by atoms with Crippen molar-refractivity contribution in [2.75, 3.05) is 13.1 Å². The Morgan fingerprint density at radius 1 is 1.53 bits per heavy atom. The Balaban J connectivity index is 2.07. The van der Waals surface area contributed by atoms with Gasteiger partial charge < -0.3 is 4.90 Å². The van der Waals surface area contributed by atoms with Gasteiger partial charge in [-0.05, 0) is 17.9 Å². The van der Waals surface area contributed by atoms with Gasteiger partial charge in [-0.15, -0.1) is 11.3 Å². The number of rotatable bonds is 3. The zero-order valence-corrected chi connectivity index (χ0v) is 10.2. The molecule has 82 valence electrons. The normalized spacial score (nSPS) is 17.5. The molecule has 0 radical (unpaired) electrons. The summed E-state index contributed by atoms with van der Waals surface area (Å²) in [6.07, 6.45) is 2.11. The minimum Gasteiger partial charge on any atom is -0.360 e. The second-order valence-corrected chi connectivity index (χ2v) is 5.78. The van der Waals surface area contributed by atoms with Gasteiger partial charge in [0.1, 0.15) is 0 Å². The van der Waals surface area contributed by atoms with Crippen LogP contribution in [-0.4, -0.2) is 23.8 Å². The molecule has 0 aromatic carbocycles. The Kier molecular flexibility index (Phi) is 2.83. The number of amidine groups is 1. The lowest BCUT2D eigenvalue weighted by Crippen LogP contribution is -2.36. The van der Waals surface area contributed by atoms with Crippen LogP contribution in [0.2, 0.25) is 0 Å². The first-order chi connectivity index (χ1) is 7.09. The highest BCUT2D eigenvalue weighted by Gasteiger charge is 2.28. The average molecular weight is 222 g/mol. The van der Waals surface area contributed by atoms with Gasteiger partial charge >= 0.3 is 0 Å². The van der Waals surface area contributed by atoms with Gasteiger partial charge in [0.25, 0.3) is 0 Å². The molecule has 1 aromatic heterocycles. The summed E-state index contributed by atoms with van der Waals surface area (Å²) in [5, 5.41) is 9.97. The molecule has 1 aliphatic heterocycles. The van der Waals surface area contributed by atoms with Gasteiger partial charge in [-0.1, -0.05) is 19.9 Å². The van der Waals surface area contributed by atoms with Crippen molar-refractivity contribution in [2.24, 2.45) is 0 Å². The number of hydrogen-bond acceptors (Lipinski definition) is 2. The van der Waals surface area contributed by atoms with Gasteiger partial charge in [0.05, 0.1) is 5.84 Å². The Labute approximate surface area is 95.4 Å². The molecule has 1 saturated heterocycles. The number of nitrogens with one attached hydrogen (secondary N) is 1. The predicted octanol–water partition coefficient (Wildman–Crippen LogP) is 3.10. The monoisotopic (exact) mass is 222 g/mol. The fourth-order valence-corrected chi connectivity index (χ4v) is 2.97. The summed E-state index contributed by atoms with van der Waals surface area (Å²) in [5.74, 6) is 0.819. The fourth-order valence-electron chi connectivity index (χ4n) is 2.12. The fraction of sp³-hybridized carbons (Fsp3) is 0.583. The number of likely N-dealkylation sites (tertiary alicyclic amines) is 1. The van der Waals surface area contributed by atoms with Crippen LogP contribution in [0.3, 0.4) is 0 Å². The summed E-state index contributed by atoms with van der Waals surface area (Å²) in [6.45, 7) is 6.58. The third kappa shape index (κ3) is 2.23. The highest BCUT2D eigenvalue weighted by Crippen LogP contribution is 2.29. The van der Waals surface area contributed by atoms with E-state index in [1.807, 2.05) is 11.3 Å². The average Bonchev–Trinajstić information content (AvgIpc) is 2.77. The summed E-state index contributed by atoms with van der Waals surface area (Å²) in [5.41, 5.74) is 0.171. The second-order valence-electron chi connectivity index (χ2n) is 4.83. The third-order valence-electron chi connectivity index (χ3n) is 3.00. The molecule has 2 nitrogen and oxygen atoms in total. The van der Waals surface area contributed by atoms with Crippen LogP contribution in [0.15, 0.2) is 17.5 Å². The highest BCUT2D eigenvalue weighted by atomic mass is 32.1. The largest absolute Gasteiger partial charge is 0.360 e. The molecule has 0 atom stereocenters. The molecule has 1 N–H and O–H groups in total. The Morgan fingerprint density at radius 2 is 2.33 bits per heavy atom. The van der Waals surface area contributed by atoms with Crippen LogP contribution in [0, 0.1) is 5.41 Å². The number of thiophene rings is 1. The molecule has 1 fully saturated rings. The number of hydrogen-bond donors (Lipinski definition) is 1. The molecule has 0 bridgehead atoms. The van der Waals surface area contributed by atoms with Gasteiger partial charge in [0, 0.05) is 29.8 Å². The van der Waals surface area contributed by atoms with Crippen LogP contribution in [0.4, 0.5) is 0 Å². The predicted molar refractivity (Wildman–Crippen MR) is 65.9 cm³/mol. The molecule has 1 aliphatic rings. The first-order valence-electron chi connectivity index (χ1n) is 5.46. The Hall–Kier alpha value is -0.830. The van der Waals surface area contributed by atoms with E-state index in [9.17, 15) is 0 Å². The van der Waals surface area contributed by atoms with Crippen molar-refractivity contribution in [3.63, 3.8) is 0 Å². The van der Waals surface area contributed by atoms with E-state index in [0.717, 1.165) is 31.8 Å². The van der Waals surface area contributed by atoms with E-state index in [2.05, 4.69) is 36.3 Å². The molecule has 0 spiro atoms. The molecular formula is C12H18N2S. The topological polar surface area (TPSA) is 27.1 Å². The van der Waals surface area contributed by atoms with Crippen molar-refractivity contribution in [2.45, 2.75) is 32.1 Å². The van der Waals surface area contributed by atoms with E-state index in [1.165, 1.54) is 4.88 Å². The van der Waals surface area contributed by atoms with Crippen molar-refractivity contribution in [1.82, 2.24) is 4.90 Å². The maximum absolute atomic E-state index is 7.84. The smallest absolute Gasteiger partial charge is 0.0958 e. The Bertz CT molecular complexity index is 341. The molecular weight excluding hydrogens is 204 g/mol. The lowest BCUT2D eigenvalue weighted by molar-refractivity contribution is 0.349. The summed E-state index contributed by atoms with van der Waals surface area (Å²) >= 11 is 1.82. The minimum atomic E-state index is 0.171. The molecule has 2 heterocycles. The minimum absolute atomic E-state index is 0.171. The summed E-state index contributed by atoms with van der Waals surface area (Å²) in [4.78, 5) is 3.64. The van der Waals surface area contributed by atoms with Gasteiger partial charge in [0.15, 0.2) is 0 Å². The van der Waals surface area contributed by atoms with Crippen LogP contribution in [0.25, 0.3) is 0 Å². The second kappa shape index (κ2) is 3.97. The molecule has 0 amide bonds. The van der Waals surface area contributed by atoms with Crippen molar-refractivity contribution in [3.05, 3.63) is 22.4 Å². The molecule has 0 unspecified atom stereocenters. The van der Waals surface area contributed by atoms with Gasteiger partial charge in [-0.3, -0.25) is 5.41 Å². The van der Waals surface area contributed by atoms with Crippen molar-refractivity contribution in [3.8, 4) is 0 Å². The van der Waals surface area contributed by atoms with Crippen LogP contribution < -0.4 is 0 Å². The summed E-state index contributed by atoms with van der Waals surface area (Å²) in [6, 6.07) is 4.31. The highest BCUT2D eigenvalue weighted by molar-refractivity contribution is 7.10. The van der Waals surface area contributed by atoms with E-state index in [4.69, 9.17) is 5.41 Å². The van der Waals surface area contributed by atoms with Crippen molar-refractivity contribution >= 4 is 17.2 Å². The van der Waals surface area contributed by atoms with Crippen LogP contribution >= 0.6 is 11.3 Å². The zero-order valence-electron chi connectivity index (χ0n) is 9.42. The zero-order chi connectivity index (χ0) is 10.9. The standard InChI is InChI=1S/C12H18N2S/c1-12(2,10-5-4-8-15-10)9-14-7-3-6-11(14)13/h4-5,8,13H,3,6-7,9H2,1-2H3. The van der Waals surface area contributed by atoms with Gasteiger partial charge in [0.2, 0.25) is 0 Å². The third-order valence-corrected chi connectivity index (χ3v) is 4.23. The molecule has 2 rings (SSSR count). The molecule has 3 heteroatoms. The first kappa shape index (κ1) is 10.7. The van der Waals surface area contributed by atoms with Crippen LogP contribution in [0.5, 0.6) is 0 Å². The molecule has 0 saturated carbocycles. The quantitative estimate of drug-likeness (QED) is 0.836. The lowest BCUT2D eigenvalue weighted by Gasteiger charge is -2.30. The Morgan fingerprint density at radius 3 is 2.87 bits per heavy atom. The summed E-state index contributed by atoms with van der Waals surface area (Å²) < 4.78 is 0. The molecule has 0 aliphatic carbocycles. The van der Waals surface area contributed by atoms with Crippen molar-refractivity contribution < 1.29 is 0 Å². The SMILES string of the molecule is CC(C)(CN1CCCC1=N)c1cccs1. The van der Waals surface area contributed by atoms with E-state index in [-0.39, 0.29) is 5.41 Å². The molecule has 15 heavy (non-hydrogen) atoms. The maximum atomic E-state index is 7.84.